The molecule has 0 aromatic heterocycles. The highest BCUT2D eigenvalue weighted by Crippen LogP contribution is 2.26. The van der Waals surface area contributed by atoms with Gasteiger partial charge in [0, 0.05) is 25.1 Å². The summed E-state index contributed by atoms with van der Waals surface area (Å²) >= 11 is 0. The van der Waals surface area contributed by atoms with Gasteiger partial charge in [0.15, 0.2) is 5.82 Å². The maximum Gasteiger partial charge on any atom is 0.151 e. The number of anilines is 2. The van der Waals surface area contributed by atoms with E-state index < -0.39 is 11.6 Å². The van der Waals surface area contributed by atoms with Gasteiger partial charge in [-0.2, -0.15) is 0 Å². The van der Waals surface area contributed by atoms with Crippen LogP contribution >= 0.6 is 0 Å². The number of benzene rings is 1. The Bertz CT molecular complexity index is 412. The van der Waals surface area contributed by atoms with E-state index in [2.05, 4.69) is 5.32 Å². The van der Waals surface area contributed by atoms with Crippen LogP contribution in [0.3, 0.4) is 0 Å². The molecule has 2 atom stereocenters. The van der Waals surface area contributed by atoms with Gasteiger partial charge in [-0.25, -0.2) is 8.78 Å². The molecule has 0 spiro atoms. The summed E-state index contributed by atoms with van der Waals surface area (Å²) in [6.07, 6.45) is 1.12. The first-order valence-corrected chi connectivity index (χ1v) is 5.68. The van der Waals surface area contributed by atoms with Crippen molar-refractivity contribution in [3.05, 3.63) is 23.8 Å². The first kappa shape index (κ1) is 12.1. The molecule has 5 heteroatoms. The predicted molar refractivity (Wildman–Crippen MR) is 62.8 cm³/mol. The summed E-state index contributed by atoms with van der Waals surface area (Å²) in [7, 11) is 0. The molecule has 1 aromatic rings. The lowest BCUT2D eigenvalue weighted by molar-refractivity contribution is 0.108. The molecule has 0 saturated carbocycles. The number of nitrogens with two attached hydrogens (primary N) is 1. The second-order valence-electron chi connectivity index (χ2n) is 4.35. The normalized spacial score (nSPS) is 23.9. The molecule has 0 aliphatic carbocycles. The van der Waals surface area contributed by atoms with Crippen molar-refractivity contribution >= 4 is 11.4 Å². The van der Waals surface area contributed by atoms with Gasteiger partial charge in [-0.15, -0.1) is 0 Å². The molecule has 0 radical (unpaired) electrons. The molecule has 17 heavy (non-hydrogen) atoms. The molecular weight excluding hydrogens is 226 g/mol. The summed E-state index contributed by atoms with van der Waals surface area (Å²) in [5.74, 6) is -1.01. The monoisotopic (exact) mass is 242 g/mol. The minimum Gasteiger partial charge on any atom is -0.395 e. The summed E-state index contributed by atoms with van der Waals surface area (Å²) in [5.41, 5.74) is 5.80. The third kappa shape index (κ3) is 2.66. The fraction of sp³-hybridized carbons (Fsp3) is 0.500. The lowest BCUT2D eigenvalue weighted by Crippen LogP contribution is -2.21. The topological polar surface area (TPSA) is 47.3 Å². The van der Waals surface area contributed by atoms with Crippen LogP contribution in [-0.4, -0.2) is 19.3 Å². The van der Waals surface area contributed by atoms with E-state index in [1.807, 2.05) is 6.92 Å². The zero-order chi connectivity index (χ0) is 12.4. The highest BCUT2D eigenvalue weighted by molar-refractivity contribution is 5.66. The van der Waals surface area contributed by atoms with Gasteiger partial charge in [-0.3, -0.25) is 0 Å². The number of nitrogens with one attached hydrogen (secondary N) is 1. The first-order chi connectivity index (χ1) is 8.08. The second-order valence-corrected chi connectivity index (χ2v) is 4.35. The van der Waals surface area contributed by atoms with Gasteiger partial charge < -0.3 is 15.8 Å². The number of nitrogen functional groups attached to an aromatic ring is 1. The third-order valence-electron chi connectivity index (χ3n) is 3.18. The van der Waals surface area contributed by atoms with Crippen molar-refractivity contribution in [2.24, 2.45) is 5.92 Å². The van der Waals surface area contributed by atoms with Gasteiger partial charge in [-0.1, -0.05) is 0 Å². The Balaban J connectivity index is 2.03. The average molecular weight is 242 g/mol. The SMILES string of the molecule is CC1OCCC1CNc1cc(F)cc(F)c1N. The van der Waals surface area contributed by atoms with Crippen molar-refractivity contribution < 1.29 is 13.5 Å². The Morgan fingerprint density at radius 2 is 2.24 bits per heavy atom. The van der Waals surface area contributed by atoms with Crippen molar-refractivity contribution in [2.45, 2.75) is 19.4 Å². The zero-order valence-corrected chi connectivity index (χ0v) is 9.67. The van der Waals surface area contributed by atoms with E-state index >= 15 is 0 Å². The molecule has 1 aliphatic heterocycles. The molecule has 3 N–H and O–H groups in total. The fourth-order valence-electron chi connectivity index (χ4n) is 2.02. The minimum absolute atomic E-state index is 0.0435. The van der Waals surface area contributed by atoms with Crippen LogP contribution in [0.2, 0.25) is 0 Å². The average Bonchev–Trinajstić information content (AvgIpc) is 2.67. The van der Waals surface area contributed by atoms with Crippen LogP contribution in [0.25, 0.3) is 0 Å². The summed E-state index contributed by atoms with van der Waals surface area (Å²) < 4.78 is 31.6. The summed E-state index contributed by atoms with van der Waals surface area (Å²) in [4.78, 5) is 0. The Morgan fingerprint density at radius 1 is 1.47 bits per heavy atom. The second kappa shape index (κ2) is 4.87. The Labute approximate surface area is 98.9 Å². The van der Waals surface area contributed by atoms with Crippen molar-refractivity contribution in [1.82, 2.24) is 0 Å². The molecule has 0 bridgehead atoms. The number of hydrogen-bond donors (Lipinski definition) is 2. The van der Waals surface area contributed by atoms with Crippen LogP contribution in [0.5, 0.6) is 0 Å². The van der Waals surface area contributed by atoms with Crippen molar-refractivity contribution in [3.63, 3.8) is 0 Å². The molecule has 2 unspecified atom stereocenters. The molecule has 1 heterocycles. The molecule has 3 nitrogen and oxygen atoms in total. The highest BCUT2D eigenvalue weighted by Gasteiger charge is 2.24. The largest absolute Gasteiger partial charge is 0.395 e. The number of hydrogen-bond acceptors (Lipinski definition) is 3. The van der Waals surface area contributed by atoms with Gasteiger partial charge >= 0.3 is 0 Å². The molecular formula is C12H16F2N2O. The number of rotatable bonds is 3. The van der Waals surface area contributed by atoms with Crippen LogP contribution in [0.1, 0.15) is 13.3 Å². The van der Waals surface area contributed by atoms with Crippen LogP contribution in [-0.2, 0) is 4.74 Å². The summed E-state index contributed by atoms with van der Waals surface area (Å²) in [6.45, 7) is 3.34. The van der Waals surface area contributed by atoms with Crippen LogP contribution < -0.4 is 11.1 Å². The van der Waals surface area contributed by atoms with Gasteiger partial charge in [0.25, 0.3) is 0 Å². The van der Waals surface area contributed by atoms with E-state index in [0.29, 0.717) is 18.2 Å². The maximum atomic E-state index is 13.2. The van der Waals surface area contributed by atoms with E-state index in [1.54, 1.807) is 0 Å². The van der Waals surface area contributed by atoms with Crippen molar-refractivity contribution in [1.29, 1.82) is 0 Å². The molecule has 0 amide bonds. The lowest BCUT2D eigenvalue weighted by atomic mass is 10.0. The Morgan fingerprint density at radius 3 is 2.88 bits per heavy atom. The Hall–Kier alpha value is -1.36. The Kier molecular flexibility index (Phi) is 3.47. The van der Waals surface area contributed by atoms with Gasteiger partial charge in [-0.05, 0) is 19.4 Å². The van der Waals surface area contributed by atoms with Gasteiger partial charge in [0.1, 0.15) is 5.82 Å². The quantitative estimate of drug-likeness (QED) is 0.800. The molecule has 94 valence electrons. The summed E-state index contributed by atoms with van der Waals surface area (Å²) in [5, 5.41) is 2.98. The van der Waals surface area contributed by atoms with E-state index in [9.17, 15) is 8.78 Å². The summed E-state index contributed by atoms with van der Waals surface area (Å²) in [6, 6.07) is 1.99. The molecule has 1 fully saturated rings. The van der Waals surface area contributed by atoms with E-state index in [4.69, 9.17) is 10.5 Å². The predicted octanol–water partition coefficient (Wildman–Crippen LogP) is 2.38. The molecule has 1 aromatic carbocycles. The van der Waals surface area contributed by atoms with Crippen LogP contribution in [0.4, 0.5) is 20.2 Å². The molecule has 1 saturated heterocycles. The third-order valence-corrected chi connectivity index (χ3v) is 3.18. The van der Waals surface area contributed by atoms with Crippen LogP contribution in [0.15, 0.2) is 12.1 Å². The zero-order valence-electron chi connectivity index (χ0n) is 9.67. The van der Waals surface area contributed by atoms with Gasteiger partial charge in [0.05, 0.1) is 17.5 Å². The van der Waals surface area contributed by atoms with E-state index in [1.165, 1.54) is 6.07 Å². The number of ether oxygens (including phenoxy) is 1. The lowest BCUT2D eigenvalue weighted by Gasteiger charge is -2.16. The number of halogens is 2. The first-order valence-electron chi connectivity index (χ1n) is 5.68. The standard InChI is InChI=1S/C12H16F2N2O/c1-7-8(2-3-17-7)6-16-11-5-9(13)4-10(14)12(11)15/h4-5,7-8,16H,2-3,6,15H2,1H3. The van der Waals surface area contributed by atoms with Crippen LogP contribution in [0, 0.1) is 17.6 Å². The fourth-order valence-corrected chi connectivity index (χ4v) is 2.02. The molecule has 2 rings (SSSR count). The van der Waals surface area contributed by atoms with Crippen molar-refractivity contribution in [2.75, 3.05) is 24.2 Å². The highest BCUT2D eigenvalue weighted by atomic mass is 19.1. The van der Waals surface area contributed by atoms with E-state index in [0.717, 1.165) is 19.1 Å². The minimum atomic E-state index is -0.733. The molecule has 1 aliphatic rings. The smallest absolute Gasteiger partial charge is 0.151 e. The van der Waals surface area contributed by atoms with Gasteiger partial charge in [0.2, 0.25) is 0 Å². The van der Waals surface area contributed by atoms with E-state index in [-0.39, 0.29) is 11.8 Å². The maximum absolute atomic E-state index is 13.2. The van der Waals surface area contributed by atoms with Crippen molar-refractivity contribution in [3.8, 4) is 0 Å².